The number of urea groups is 1. The summed E-state index contributed by atoms with van der Waals surface area (Å²) in [6.45, 7) is 0.743. The number of carbonyl (C=O) groups excluding carboxylic acids is 1. The van der Waals surface area contributed by atoms with Crippen LogP contribution in [0.15, 0.2) is 42.5 Å². The molecule has 2 aliphatic rings. The first-order chi connectivity index (χ1) is 15.2. The summed E-state index contributed by atoms with van der Waals surface area (Å²) in [5.41, 5.74) is 4.31. The molecule has 1 aliphatic carbocycles. The minimum absolute atomic E-state index is 0.0913. The van der Waals surface area contributed by atoms with E-state index in [1.54, 1.807) is 0 Å². The maximum atomic E-state index is 12.2. The van der Waals surface area contributed by atoms with Crippen LogP contribution in [0.1, 0.15) is 38.3 Å². The van der Waals surface area contributed by atoms with Crippen LogP contribution in [0.25, 0.3) is 33.5 Å². The van der Waals surface area contributed by atoms with E-state index in [1.165, 1.54) is 0 Å². The third-order valence-electron chi connectivity index (χ3n) is 5.92. The predicted octanol–water partition coefficient (Wildman–Crippen LogP) is 4.56. The van der Waals surface area contributed by atoms with Gasteiger partial charge < -0.3 is 20.4 Å². The predicted molar refractivity (Wildman–Crippen MR) is 119 cm³/mol. The van der Waals surface area contributed by atoms with Crippen molar-refractivity contribution in [1.29, 1.82) is 0 Å². The lowest BCUT2D eigenvalue weighted by molar-refractivity contribution is -0.0365. The van der Waals surface area contributed by atoms with Gasteiger partial charge in [0.25, 0.3) is 0 Å². The molecule has 3 heterocycles. The van der Waals surface area contributed by atoms with E-state index in [9.17, 15) is 4.79 Å². The molecule has 2 aromatic heterocycles. The van der Waals surface area contributed by atoms with Gasteiger partial charge in [-0.05, 0) is 62.4 Å². The van der Waals surface area contributed by atoms with Crippen LogP contribution >= 0.6 is 0 Å². The number of anilines is 1. The molecule has 31 heavy (non-hydrogen) atoms. The van der Waals surface area contributed by atoms with Crippen LogP contribution in [-0.4, -0.2) is 38.4 Å². The van der Waals surface area contributed by atoms with Gasteiger partial charge >= 0.3 is 6.03 Å². The molecule has 2 amide bonds. The van der Waals surface area contributed by atoms with E-state index in [0.717, 1.165) is 72.0 Å². The Morgan fingerprint density at radius 2 is 2.03 bits per heavy atom. The summed E-state index contributed by atoms with van der Waals surface area (Å²) in [7, 11) is 0. The SMILES string of the molecule is O=C(Nc1ccc2c(c1)c(-c1nc3ccccc3[nH]1)nn2C1CCCCO1)NC1CC1. The Balaban J connectivity index is 1.44. The third-order valence-corrected chi connectivity index (χ3v) is 5.92. The molecule has 3 N–H and O–H groups in total. The lowest BCUT2D eigenvalue weighted by Crippen LogP contribution is -2.30. The number of hydrogen-bond acceptors (Lipinski definition) is 4. The fraction of sp³-hybridized carbons (Fsp3) is 0.348. The maximum absolute atomic E-state index is 12.2. The second-order valence-electron chi connectivity index (χ2n) is 8.32. The van der Waals surface area contributed by atoms with E-state index in [-0.39, 0.29) is 12.3 Å². The molecular formula is C23H24N6O2. The van der Waals surface area contributed by atoms with Gasteiger partial charge in [0, 0.05) is 23.7 Å². The fourth-order valence-electron chi connectivity index (χ4n) is 4.17. The minimum atomic E-state index is -0.171. The van der Waals surface area contributed by atoms with Gasteiger partial charge in [0.2, 0.25) is 0 Å². The number of imidazole rings is 1. The second kappa shape index (κ2) is 7.39. The highest BCUT2D eigenvalue weighted by atomic mass is 16.5. The van der Waals surface area contributed by atoms with Gasteiger partial charge in [-0.1, -0.05) is 12.1 Å². The Morgan fingerprint density at radius 3 is 2.84 bits per heavy atom. The summed E-state index contributed by atoms with van der Waals surface area (Å²) < 4.78 is 7.98. The lowest BCUT2D eigenvalue weighted by Gasteiger charge is -2.23. The summed E-state index contributed by atoms with van der Waals surface area (Å²) >= 11 is 0. The van der Waals surface area contributed by atoms with Crippen molar-refractivity contribution in [1.82, 2.24) is 25.1 Å². The number of hydrogen-bond donors (Lipinski definition) is 3. The molecule has 1 saturated heterocycles. The summed E-state index contributed by atoms with van der Waals surface area (Å²) in [4.78, 5) is 20.4. The number of nitrogens with zero attached hydrogens (tertiary/aromatic N) is 3. The van der Waals surface area contributed by atoms with Crippen molar-refractivity contribution in [3.63, 3.8) is 0 Å². The monoisotopic (exact) mass is 416 g/mol. The average Bonchev–Trinajstić information content (AvgIpc) is 3.36. The van der Waals surface area contributed by atoms with Crippen LogP contribution in [-0.2, 0) is 4.74 Å². The standard InChI is InChI=1S/C23H24N6O2/c30-23(24-14-8-9-14)25-15-10-11-19-16(13-15)21(28-29(19)20-7-3-4-12-31-20)22-26-17-5-1-2-6-18(17)27-22/h1-2,5-6,10-11,13-14,20H,3-4,7-9,12H2,(H,26,27)(H2,24,25,30). The van der Waals surface area contributed by atoms with Crippen molar-refractivity contribution >= 4 is 33.7 Å². The van der Waals surface area contributed by atoms with Crippen molar-refractivity contribution < 1.29 is 9.53 Å². The highest BCUT2D eigenvalue weighted by Crippen LogP contribution is 2.34. The third kappa shape index (κ3) is 3.53. The molecule has 1 atom stereocenters. The number of rotatable bonds is 4. The Labute approximate surface area is 179 Å². The summed E-state index contributed by atoms with van der Waals surface area (Å²) in [6.07, 6.45) is 5.14. The highest BCUT2D eigenvalue weighted by Gasteiger charge is 2.25. The number of ether oxygens (including phenoxy) is 1. The quantitative estimate of drug-likeness (QED) is 0.454. The van der Waals surface area contributed by atoms with E-state index in [2.05, 4.69) is 15.6 Å². The Bertz CT molecular complexity index is 1230. The number of aromatic nitrogens is 4. The van der Waals surface area contributed by atoms with Gasteiger partial charge in [0.15, 0.2) is 12.1 Å². The van der Waals surface area contributed by atoms with E-state index >= 15 is 0 Å². The van der Waals surface area contributed by atoms with E-state index < -0.39 is 0 Å². The molecule has 0 bridgehead atoms. The molecule has 0 spiro atoms. The summed E-state index contributed by atoms with van der Waals surface area (Å²) in [5.74, 6) is 0.709. The number of fused-ring (bicyclic) bond motifs is 2. The lowest BCUT2D eigenvalue weighted by atomic mass is 10.1. The molecule has 2 aromatic carbocycles. The van der Waals surface area contributed by atoms with Crippen LogP contribution < -0.4 is 10.6 Å². The zero-order valence-corrected chi connectivity index (χ0v) is 17.1. The van der Waals surface area contributed by atoms with Crippen LogP contribution in [0.4, 0.5) is 10.5 Å². The first-order valence-electron chi connectivity index (χ1n) is 10.9. The van der Waals surface area contributed by atoms with Crippen molar-refractivity contribution in [3.8, 4) is 11.5 Å². The van der Waals surface area contributed by atoms with Gasteiger partial charge in [-0.3, -0.25) is 0 Å². The molecule has 8 nitrogen and oxygen atoms in total. The van der Waals surface area contributed by atoms with Crippen LogP contribution in [0.5, 0.6) is 0 Å². The fourth-order valence-corrected chi connectivity index (χ4v) is 4.17. The smallest absolute Gasteiger partial charge is 0.319 e. The van der Waals surface area contributed by atoms with Gasteiger partial charge in [-0.2, -0.15) is 5.10 Å². The van der Waals surface area contributed by atoms with Crippen molar-refractivity contribution in [3.05, 3.63) is 42.5 Å². The summed E-state index contributed by atoms with van der Waals surface area (Å²) in [5, 5.41) is 11.8. The molecule has 158 valence electrons. The topological polar surface area (TPSA) is 96.9 Å². The number of aromatic amines is 1. The number of benzene rings is 2. The molecule has 1 saturated carbocycles. The van der Waals surface area contributed by atoms with Gasteiger partial charge in [-0.15, -0.1) is 0 Å². The first-order valence-corrected chi connectivity index (χ1v) is 10.9. The molecule has 0 radical (unpaired) electrons. The molecule has 2 fully saturated rings. The van der Waals surface area contributed by atoms with Crippen LogP contribution in [0.2, 0.25) is 0 Å². The van der Waals surface area contributed by atoms with E-state index in [4.69, 9.17) is 14.8 Å². The maximum Gasteiger partial charge on any atom is 0.319 e. The zero-order chi connectivity index (χ0) is 20.8. The second-order valence-corrected chi connectivity index (χ2v) is 8.32. The first kappa shape index (κ1) is 18.4. The number of nitrogens with one attached hydrogen (secondary N) is 3. The number of H-pyrrole nitrogens is 1. The van der Waals surface area contributed by atoms with Gasteiger partial charge in [0.05, 0.1) is 16.6 Å². The van der Waals surface area contributed by atoms with Gasteiger partial charge in [0.1, 0.15) is 5.69 Å². The van der Waals surface area contributed by atoms with E-state index in [1.807, 2.05) is 47.1 Å². The largest absolute Gasteiger partial charge is 0.356 e. The molecule has 1 aliphatic heterocycles. The number of para-hydroxylation sites is 2. The zero-order valence-electron chi connectivity index (χ0n) is 17.1. The molecule has 8 heteroatoms. The molecule has 4 aromatic rings. The number of carbonyl (C=O) groups is 1. The number of amides is 2. The Morgan fingerprint density at radius 1 is 1.13 bits per heavy atom. The molecule has 1 unspecified atom stereocenters. The van der Waals surface area contributed by atoms with Crippen LogP contribution in [0.3, 0.4) is 0 Å². The van der Waals surface area contributed by atoms with Gasteiger partial charge in [-0.25, -0.2) is 14.5 Å². The van der Waals surface area contributed by atoms with E-state index in [0.29, 0.717) is 11.9 Å². The van der Waals surface area contributed by atoms with Crippen molar-refractivity contribution in [2.24, 2.45) is 0 Å². The average molecular weight is 416 g/mol. The Hall–Kier alpha value is -3.39. The molecular weight excluding hydrogens is 392 g/mol. The van der Waals surface area contributed by atoms with Crippen molar-refractivity contribution in [2.75, 3.05) is 11.9 Å². The molecule has 6 rings (SSSR count). The summed E-state index contributed by atoms with van der Waals surface area (Å²) in [6, 6.07) is 14.0. The highest BCUT2D eigenvalue weighted by molar-refractivity contribution is 5.98. The van der Waals surface area contributed by atoms with Crippen molar-refractivity contribution in [2.45, 2.75) is 44.4 Å². The van der Waals surface area contributed by atoms with Crippen LogP contribution in [0, 0.1) is 0 Å². The Kier molecular flexibility index (Phi) is 4.38. The minimum Gasteiger partial charge on any atom is -0.356 e. The normalized spacial score (nSPS) is 19.0.